The van der Waals surface area contributed by atoms with E-state index in [-0.39, 0.29) is 6.10 Å². The fourth-order valence-corrected chi connectivity index (χ4v) is 1.87. The van der Waals surface area contributed by atoms with Gasteiger partial charge in [0.15, 0.2) is 0 Å². The van der Waals surface area contributed by atoms with E-state index >= 15 is 0 Å². The van der Waals surface area contributed by atoms with E-state index in [1.54, 1.807) is 0 Å². The number of ether oxygens (including phenoxy) is 1. The van der Waals surface area contributed by atoms with Crippen molar-refractivity contribution in [1.29, 1.82) is 0 Å². The van der Waals surface area contributed by atoms with Crippen LogP contribution >= 0.6 is 0 Å². The van der Waals surface area contributed by atoms with Crippen LogP contribution in [-0.2, 0) is 11.3 Å². The fourth-order valence-electron chi connectivity index (χ4n) is 1.87. The summed E-state index contributed by atoms with van der Waals surface area (Å²) in [5.41, 5.74) is 0. The summed E-state index contributed by atoms with van der Waals surface area (Å²) in [6.45, 7) is 8.39. The minimum atomic E-state index is -0.0636. The first kappa shape index (κ1) is 13.5. The van der Waals surface area contributed by atoms with Gasteiger partial charge in [-0.15, -0.1) is 0 Å². The van der Waals surface area contributed by atoms with Crippen LogP contribution in [0.1, 0.15) is 31.7 Å². The highest BCUT2D eigenvalue weighted by molar-refractivity contribution is 4.93. The highest BCUT2D eigenvalue weighted by Gasteiger charge is 2.24. The van der Waals surface area contributed by atoms with Crippen LogP contribution in [0.4, 0.5) is 0 Å². The summed E-state index contributed by atoms with van der Waals surface area (Å²) in [4.78, 5) is 6.58. The van der Waals surface area contributed by atoms with Crippen molar-refractivity contribution in [2.24, 2.45) is 5.92 Å². The first-order valence-electron chi connectivity index (χ1n) is 6.48. The van der Waals surface area contributed by atoms with Gasteiger partial charge in [-0.1, -0.05) is 19.0 Å². The molecule has 1 aliphatic rings. The maximum atomic E-state index is 5.64. The average Bonchev–Trinajstić information content (AvgIpc) is 2.77. The van der Waals surface area contributed by atoms with Crippen LogP contribution in [-0.4, -0.2) is 48.3 Å². The fraction of sp³-hybridized carbons (Fsp3) is 0.833. The summed E-state index contributed by atoms with van der Waals surface area (Å²) in [6.07, 6.45) is -0.0636. The van der Waals surface area contributed by atoms with E-state index in [0.717, 1.165) is 26.2 Å². The number of hydrogen-bond acceptors (Lipinski definition) is 6. The lowest BCUT2D eigenvalue weighted by Gasteiger charge is -2.27. The van der Waals surface area contributed by atoms with Gasteiger partial charge in [0.25, 0.3) is 0 Å². The van der Waals surface area contributed by atoms with Gasteiger partial charge in [0.2, 0.25) is 11.7 Å². The van der Waals surface area contributed by atoms with Crippen molar-refractivity contribution in [3.8, 4) is 0 Å². The second-order valence-corrected chi connectivity index (χ2v) is 5.19. The van der Waals surface area contributed by atoms with E-state index in [9.17, 15) is 0 Å². The largest absolute Gasteiger partial charge is 0.367 e. The molecule has 6 heteroatoms. The van der Waals surface area contributed by atoms with Gasteiger partial charge in [-0.25, -0.2) is 0 Å². The second kappa shape index (κ2) is 6.26. The molecule has 1 atom stereocenters. The Balaban J connectivity index is 1.85. The summed E-state index contributed by atoms with van der Waals surface area (Å²) in [5.74, 6) is 1.90. The van der Waals surface area contributed by atoms with E-state index in [1.165, 1.54) is 0 Å². The van der Waals surface area contributed by atoms with Crippen LogP contribution in [0.5, 0.6) is 0 Å². The summed E-state index contributed by atoms with van der Waals surface area (Å²) in [6, 6.07) is 0. The molecule has 0 saturated carbocycles. The van der Waals surface area contributed by atoms with Gasteiger partial charge in [-0.2, -0.15) is 4.98 Å². The number of nitrogens with one attached hydrogen (secondary N) is 1. The molecule has 0 radical (unpaired) electrons. The Kier molecular flexibility index (Phi) is 4.68. The Hall–Kier alpha value is -0.980. The molecule has 2 heterocycles. The first-order valence-corrected chi connectivity index (χ1v) is 6.48. The van der Waals surface area contributed by atoms with E-state index in [0.29, 0.717) is 24.2 Å². The van der Waals surface area contributed by atoms with E-state index in [1.807, 2.05) is 0 Å². The molecule has 18 heavy (non-hydrogen) atoms. The molecule has 1 saturated heterocycles. The molecule has 1 fully saturated rings. The quantitative estimate of drug-likeness (QED) is 0.839. The topological polar surface area (TPSA) is 63.4 Å². The average molecular weight is 254 g/mol. The molecule has 0 amide bonds. The Morgan fingerprint density at radius 1 is 1.50 bits per heavy atom. The van der Waals surface area contributed by atoms with Gasteiger partial charge in [-0.05, 0) is 19.5 Å². The van der Waals surface area contributed by atoms with Crippen molar-refractivity contribution in [3.63, 3.8) is 0 Å². The molecule has 1 unspecified atom stereocenters. The van der Waals surface area contributed by atoms with Crippen LogP contribution in [0.3, 0.4) is 0 Å². The van der Waals surface area contributed by atoms with Gasteiger partial charge in [0.1, 0.15) is 6.10 Å². The summed E-state index contributed by atoms with van der Waals surface area (Å²) in [5, 5.41) is 7.27. The number of morpholine rings is 1. The maximum absolute atomic E-state index is 5.64. The molecular formula is C12H22N4O2. The molecule has 6 nitrogen and oxygen atoms in total. The van der Waals surface area contributed by atoms with Crippen LogP contribution in [0.15, 0.2) is 4.52 Å². The summed E-state index contributed by atoms with van der Waals surface area (Å²) >= 11 is 0. The summed E-state index contributed by atoms with van der Waals surface area (Å²) < 4.78 is 10.9. The molecule has 0 bridgehead atoms. The van der Waals surface area contributed by atoms with Crippen LogP contribution in [0.2, 0.25) is 0 Å². The van der Waals surface area contributed by atoms with Crippen LogP contribution in [0.25, 0.3) is 0 Å². The van der Waals surface area contributed by atoms with Crippen molar-refractivity contribution in [3.05, 3.63) is 11.7 Å². The Bertz CT molecular complexity index is 367. The lowest BCUT2D eigenvalue weighted by Crippen LogP contribution is -2.35. The number of hydrogen-bond donors (Lipinski definition) is 1. The van der Waals surface area contributed by atoms with E-state index in [4.69, 9.17) is 9.26 Å². The van der Waals surface area contributed by atoms with Gasteiger partial charge in [0.05, 0.1) is 13.2 Å². The number of nitrogens with zero attached hydrogens (tertiary/aromatic N) is 3. The zero-order valence-electron chi connectivity index (χ0n) is 11.3. The first-order chi connectivity index (χ1) is 8.65. The zero-order valence-corrected chi connectivity index (χ0v) is 11.3. The predicted molar refractivity (Wildman–Crippen MR) is 67.0 cm³/mol. The second-order valence-electron chi connectivity index (χ2n) is 5.19. The third-order valence-corrected chi connectivity index (χ3v) is 2.87. The van der Waals surface area contributed by atoms with Crippen LogP contribution in [0, 0.1) is 5.92 Å². The Labute approximate surface area is 108 Å². The highest BCUT2D eigenvalue weighted by atomic mass is 16.5. The molecule has 0 aromatic carbocycles. The smallest absolute Gasteiger partial charge is 0.240 e. The molecule has 0 spiro atoms. The maximum Gasteiger partial charge on any atom is 0.240 e. The van der Waals surface area contributed by atoms with Crippen molar-refractivity contribution in [2.45, 2.75) is 26.5 Å². The minimum Gasteiger partial charge on any atom is -0.367 e. The molecular weight excluding hydrogens is 232 g/mol. The van der Waals surface area contributed by atoms with Crippen molar-refractivity contribution in [1.82, 2.24) is 20.4 Å². The zero-order chi connectivity index (χ0) is 13.0. The van der Waals surface area contributed by atoms with E-state index < -0.39 is 0 Å². The molecule has 102 valence electrons. The normalized spacial score (nSPS) is 21.7. The van der Waals surface area contributed by atoms with Gasteiger partial charge in [0, 0.05) is 13.1 Å². The number of aromatic nitrogens is 2. The molecule has 1 aliphatic heterocycles. The third-order valence-electron chi connectivity index (χ3n) is 2.87. The molecule has 1 N–H and O–H groups in total. The minimum absolute atomic E-state index is 0.0636. The van der Waals surface area contributed by atoms with Gasteiger partial charge in [-0.3, -0.25) is 0 Å². The van der Waals surface area contributed by atoms with Crippen molar-refractivity contribution in [2.75, 3.05) is 33.3 Å². The molecule has 1 aromatic rings. The highest BCUT2D eigenvalue weighted by Crippen LogP contribution is 2.18. The number of likely N-dealkylation sites (N-methyl/N-ethyl adjacent to an activating group) is 1. The van der Waals surface area contributed by atoms with Gasteiger partial charge >= 0.3 is 0 Å². The lowest BCUT2D eigenvalue weighted by atomic mass is 10.2. The van der Waals surface area contributed by atoms with Crippen molar-refractivity contribution >= 4 is 0 Å². The SMILES string of the molecule is CC(C)CNCc1nc(C2CN(C)CCO2)no1. The Morgan fingerprint density at radius 3 is 3.06 bits per heavy atom. The van der Waals surface area contributed by atoms with E-state index in [2.05, 4.69) is 41.3 Å². The molecule has 2 rings (SSSR count). The third kappa shape index (κ3) is 3.76. The number of rotatable bonds is 5. The van der Waals surface area contributed by atoms with Crippen LogP contribution < -0.4 is 5.32 Å². The molecule has 1 aromatic heterocycles. The van der Waals surface area contributed by atoms with Gasteiger partial charge < -0.3 is 19.5 Å². The lowest BCUT2D eigenvalue weighted by molar-refractivity contribution is -0.0264. The standard InChI is InChI=1S/C12H22N4O2/c1-9(2)6-13-7-11-14-12(15-18-11)10-8-16(3)4-5-17-10/h9-10,13H,4-8H2,1-3H3. The monoisotopic (exact) mass is 254 g/mol. The van der Waals surface area contributed by atoms with Crippen molar-refractivity contribution < 1.29 is 9.26 Å². The summed E-state index contributed by atoms with van der Waals surface area (Å²) in [7, 11) is 2.07. The predicted octanol–water partition coefficient (Wildman–Crippen LogP) is 0.818. The Morgan fingerprint density at radius 2 is 2.33 bits per heavy atom. The molecule has 0 aliphatic carbocycles.